The molecule has 2 N–H and O–H groups in total. The Morgan fingerprint density at radius 1 is 1.45 bits per heavy atom. The van der Waals surface area contributed by atoms with E-state index in [1.807, 2.05) is 6.92 Å². The Morgan fingerprint density at radius 3 is 2.91 bits per heavy atom. The minimum Gasteiger partial charge on any atom is -0.493 e. The average Bonchev–Trinajstić information content (AvgIpc) is 2.50. The van der Waals surface area contributed by atoms with E-state index in [9.17, 15) is 13.2 Å². The maximum Gasteiger partial charge on any atom is 0.321 e. The van der Waals surface area contributed by atoms with E-state index in [1.165, 1.54) is 6.07 Å². The smallest absolute Gasteiger partial charge is 0.321 e. The van der Waals surface area contributed by atoms with E-state index in [-0.39, 0.29) is 11.3 Å². The lowest BCUT2D eigenvalue weighted by atomic mass is 10.1. The number of nitrogens with one attached hydrogen (secondary N) is 1. The van der Waals surface area contributed by atoms with Crippen LogP contribution in [0.2, 0.25) is 0 Å². The molecule has 1 unspecified atom stereocenters. The van der Waals surface area contributed by atoms with E-state index < -0.39 is 22.0 Å². The zero-order valence-corrected chi connectivity index (χ0v) is 13.4. The van der Waals surface area contributed by atoms with Gasteiger partial charge in [-0.05, 0) is 43.0 Å². The number of unbranched alkanes of at least 4 members (excludes halogenated alkanes) is 1. The molecular weight excluding hydrogens is 306 g/mol. The molecule has 1 heterocycles. The molecule has 7 heteroatoms. The summed E-state index contributed by atoms with van der Waals surface area (Å²) in [5.74, 6) is -0.454. The number of sulfonamides is 1. The predicted molar refractivity (Wildman–Crippen MR) is 81.5 cm³/mol. The fraction of sp³-hybridized carbons (Fsp3) is 0.533. The molecule has 0 radical (unpaired) electrons. The van der Waals surface area contributed by atoms with Gasteiger partial charge in [-0.25, -0.2) is 8.42 Å². The molecule has 0 amide bonds. The van der Waals surface area contributed by atoms with Crippen molar-refractivity contribution >= 4 is 16.0 Å². The van der Waals surface area contributed by atoms with Gasteiger partial charge in [0.2, 0.25) is 10.0 Å². The number of aliphatic carboxylic acids is 1. The van der Waals surface area contributed by atoms with Gasteiger partial charge in [-0.1, -0.05) is 19.8 Å². The van der Waals surface area contributed by atoms with Crippen LogP contribution >= 0.6 is 0 Å². The zero-order valence-electron chi connectivity index (χ0n) is 12.5. The Kier molecular flexibility index (Phi) is 5.42. The molecule has 0 spiro atoms. The van der Waals surface area contributed by atoms with Gasteiger partial charge in [0, 0.05) is 0 Å². The summed E-state index contributed by atoms with van der Waals surface area (Å²) < 4.78 is 32.5. The summed E-state index contributed by atoms with van der Waals surface area (Å²) in [7, 11) is -3.85. The molecule has 2 rings (SSSR count). The summed E-state index contributed by atoms with van der Waals surface area (Å²) in [6.45, 7) is 2.56. The molecule has 1 aromatic carbocycles. The second-order valence-corrected chi connectivity index (χ2v) is 7.09. The van der Waals surface area contributed by atoms with Crippen molar-refractivity contribution < 1.29 is 23.1 Å². The molecule has 0 saturated carbocycles. The van der Waals surface area contributed by atoms with Gasteiger partial charge >= 0.3 is 5.97 Å². The molecule has 0 aromatic heterocycles. The number of fused-ring (bicyclic) bond motifs is 1. The number of carboxylic acid groups (broad SMARTS) is 1. The maximum atomic E-state index is 12.4. The Hall–Kier alpha value is -1.60. The van der Waals surface area contributed by atoms with Crippen LogP contribution in [0, 0.1) is 0 Å². The average molecular weight is 327 g/mol. The largest absolute Gasteiger partial charge is 0.493 e. The van der Waals surface area contributed by atoms with Crippen molar-refractivity contribution in [3.05, 3.63) is 23.8 Å². The quantitative estimate of drug-likeness (QED) is 0.798. The second kappa shape index (κ2) is 7.11. The molecule has 0 bridgehead atoms. The minimum absolute atomic E-state index is 0.0829. The molecule has 1 aliphatic heterocycles. The van der Waals surface area contributed by atoms with Gasteiger partial charge in [0.05, 0.1) is 11.5 Å². The normalized spacial score (nSPS) is 15.7. The molecule has 22 heavy (non-hydrogen) atoms. The van der Waals surface area contributed by atoms with Gasteiger partial charge in [0.15, 0.2) is 0 Å². The van der Waals surface area contributed by atoms with Crippen LogP contribution in [-0.4, -0.2) is 32.1 Å². The first-order valence-electron chi connectivity index (χ1n) is 7.45. The van der Waals surface area contributed by atoms with Crippen LogP contribution in [0.15, 0.2) is 23.1 Å². The van der Waals surface area contributed by atoms with E-state index >= 15 is 0 Å². The van der Waals surface area contributed by atoms with Crippen molar-refractivity contribution in [2.75, 3.05) is 6.61 Å². The van der Waals surface area contributed by atoms with E-state index in [1.54, 1.807) is 12.1 Å². The van der Waals surface area contributed by atoms with Crippen LogP contribution in [0.4, 0.5) is 0 Å². The number of hydrogen-bond donors (Lipinski definition) is 2. The lowest BCUT2D eigenvalue weighted by Gasteiger charge is -2.19. The van der Waals surface area contributed by atoms with Crippen LogP contribution in [0.1, 0.15) is 38.2 Å². The monoisotopic (exact) mass is 327 g/mol. The summed E-state index contributed by atoms with van der Waals surface area (Å²) >= 11 is 0. The van der Waals surface area contributed by atoms with Gasteiger partial charge in [0.25, 0.3) is 0 Å². The maximum absolute atomic E-state index is 12.4. The van der Waals surface area contributed by atoms with E-state index in [2.05, 4.69) is 4.72 Å². The van der Waals surface area contributed by atoms with Crippen LogP contribution < -0.4 is 9.46 Å². The summed E-state index contributed by atoms with van der Waals surface area (Å²) in [4.78, 5) is 11.3. The molecule has 1 aliphatic rings. The van der Waals surface area contributed by atoms with Gasteiger partial charge < -0.3 is 9.84 Å². The van der Waals surface area contributed by atoms with Crippen molar-refractivity contribution in [2.45, 2.75) is 50.0 Å². The van der Waals surface area contributed by atoms with Crippen LogP contribution in [0.25, 0.3) is 0 Å². The minimum atomic E-state index is -3.85. The van der Waals surface area contributed by atoms with Gasteiger partial charge in [-0.15, -0.1) is 0 Å². The lowest BCUT2D eigenvalue weighted by Crippen LogP contribution is -2.40. The Labute approximate surface area is 130 Å². The van der Waals surface area contributed by atoms with E-state index in [0.717, 1.165) is 24.8 Å². The fourth-order valence-corrected chi connectivity index (χ4v) is 3.67. The highest BCUT2D eigenvalue weighted by Crippen LogP contribution is 2.27. The molecular formula is C15H21NO5S. The summed E-state index contributed by atoms with van der Waals surface area (Å²) in [5, 5.41) is 9.16. The van der Waals surface area contributed by atoms with Gasteiger partial charge in [0.1, 0.15) is 11.8 Å². The van der Waals surface area contributed by atoms with Crippen molar-refractivity contribution in [1.29, 1.82) is 0 Å². The lowest BCUT2D eigenvalue weighted by molar-refractivity contribution is -0.139. The molecule has 0 aliphatic carbocycles. The molecule has 6 nitrogen and oxygen atoms in total. The summed E-state index contributed by atoms with van der Waals surface area (Å²) in [6, 6.07) is 3.54. The SMILES string of the molecule is CCCCC(NS(=O)(=O)c1ccc2c(c1)CCCO2)C(=O)O. The summed E-state index contributed by atoms with van der Waals surface area (Å²) in [5.41, 5.74) is 0.842. The standard InChI is InChI=1S/C15H21NO5S/c1-2-3-6-13(15(17)18)16-22(19,20)12-7-8-14-11(10-12)5-4-9-21-14/h7-8,10,13,16H,2-6,9H2,1H3,(H,17,18). The highest BCUT2D eigenvalue weighted by atomic mass is 32.2. The van der Waals surface area contributed by atoms with Crippen LogP contribution in [0.3, 0.4) is 0 Å². The zero-order chi connectivity index (χ0) is 16.2. The molecule has 1 aromatic rings. The van der Waals surface area contributed by atoms with Crippen molar-refractivity contribution in [2.24, 2.45) is 0 Å². The number of carbonyl (C=O) groups is 1. The topological polar surface area (TPSA) is 92.7 Å². The van der Waals surface area contributed by atoms with Crippen LogP contribution in [-0.2, 0) is 21.2 Å². The highest BCUT2D eigenvalue weighted by molar-refractivity contribution is 7.89. The Balaban J connectivity index is 2.20. The third kappa shape index (κ3) is 3.98. The molecule has 0 saturated heterocycles. The predicted octanol–water partition coefficient (Wildman–Crippen LogP) is 1.93. The number of rotatable bonds is 7. The number of ether oxygens (including phenoxy) is 1. The third-order valence-electron chi connectivity index (χ3n) is 3.63. The number of aryl methyl sites for hydroxylation is 1. The number of benzene rings is 1. The Bertz CT molecular complexity index is 641. The summed E-state index contributed by atoms with van der Waals surface area (Å²) in [6.07, 6.45) is 3.34. The van der Waals surface area contributed by atoms with Crippen molar-refractivity contribution in [3.8, 4) is 5.75 Å². The highest BCUT2D eigenvalue weighted by Gasteiger charge is 2.25. The third-order valence-corrected chi connectivity index (χ3v) is 5.10. The first kappa shape index (κ1) is 16.8. The first-order valence-corrected chi connectivity index (χ1v) is 8.93. The number of hydrogen-bond acceptors (Lipinski definition) is 4. The molecule has 1 atom stereocenters. The van der Waals surface area contributed by atoms with Crippen LogP contribution in [0.5, 0.6) is 5.75 Å². The number of carboxylic acids is 1. The molecule has 0 fully saturated rings. The van der Waals surface area contributed by atoms with Gasteiger partial charge in [-0.2, -0.15) is 4.72 Å². The van der Waals surface area contributed by atoms with E-state index in [4.69, 9.17) is 9.84 Å². The first-order chi connectivity index (χ1) is 10.4. The Morgan fingerprint density at radius 2 is 2.23 bits per heavy atom. The van der Waals surface area contributed by atoms with E-state index in [0.29, 0.717) is 18.8 Å². The fourth-order valence-electron chi connectivity index (χ4n) is 2.40. The van der Waals surface area contributed by atoms with Crippen molar-refractivity contribution in [3.63, 3.8) is 0 Å². The van der Waals surface area contributed by atoms with Gasteiger partial charge in [-0.3, -0.25) is 4.79 Å². The van der Waals surface area contributed by atoms with Crippen molar-refractivity contribution in [1.82, 2.24) is 4.72 Å². The second-order valence-electron chi connectivity index (χ2n) is 5.38. The molecule has 122 valence electrons.